The molecule has 56 heavy (non-hydrogen) atoms. The predicted octanol–water partition coefficient (Wildman–Crippen LogP) is 15.5. The molecule has 0 saturated heterocycles. The van der Waals surface area contributed by atoms with E-state index in [0.29, 0.717) is 6.42 Å². The SMILES string of the molecule is CC/C=C\C/C=C\C/C=C\C/C=C\CCCCCCCCCCCCCCCCCCCCCCCCCCC(=O)NC(CO)C(O)/C=C/CC/C=C/CCC. The van der Waals surface area contributed by atoms with Crippen LogP contribution in [0.25, 0.3) is 0 Å². The Bertz CT molecular complexity index is 977. The number of carbonyl (C=O) groups excluding carboxylic acids is 1. The van der Waals surface area contributed by atoms with Crippen LogP contribution in [0.2, 0.25) is 0 Å². The van der Waals surface area contributed by atoms with Gasteiger partial charge < -0.3 is 15.5 Å². The van der Waals surface area contributed by atoms with Gasteiger partial charge in [-0.1, -0.05) is 234 Å². The largest absolute Gasteiger partial charge is 0.394 e. The molecule has 0 aromatic carbocycles. The van der Waals surface area contributed by atoms with Crippen molar-refractivity contribution < 1.29 is 15.0 Å². The lowest BCUT2D eigenvalue weighted by Gasteiger charge is -2.19. The van der Waals surface area contributed by atoms with Crippen molar-refractivity contribution in [3.8, 4) is 0 Å². The van der Waals surface area contributed by atoms with Crippen molar-refractivity contribution in [3.05, 3.63) is 72.9 Å². The number of aliphatic hydroxyl groups is 2. The summed E-state index contributed by atoms with van der Waals surface area (Å²) in [5.41, 5.74) is 0. The van der Waals surface area contributed by atoms with Crippen molar-refractivity contribution in [3.63, 3.8) is 0 Å². The topological polar surface area (TPSA) is 69.6 Å². The van der Waals surface area contributed by atoms with E-state index in [1.165, 1.54) is 148 Å². The highest BCUT2D eigenvalue weighted by Gasteiger charge is 2.17. The van der Waals surface area contributed by atoms with Crippen LogP contribution < -0.4 is 5.32 Å². The van der Waals surface area contributed by atoms with Crippen LogP contribution in [0.1, 0.15) is 232 Å². The zero-order valence-corrected chi connectivity index (χ0v) is 37.1. The molecule has 2 unspecified atom stereocenters. The van der Waals surface area contributed by atoms with E-state index >= 15 is 0 Å². The number of aliphatic hydroxyl groups excluding tert-OH is 2. The molecular formula is C52H93NO3. The molecule has 324 valence electrons. The van der Waals surface area contributed by atoms with E-state index in [0.717, 1.165) is 64.2 Å². The van der Waals surface area contributed by atoms with Crippen LogP contribution in [-0.2, 0) is 4.79 Å². The molecule has 4 nitrogen and oxygen atoms in total. The molecule has 0 heterocycles. The van der Waals surface area contributed by atoms with Crippen LogP contribution in [0.15, 0.2) is 72.9 Å². The van der Waals surface area contributed by atoms with Gasteiger partial charge in [-0.25, -0.2) is 0 Å². The van der Waals surface area contributed by atoms with Gasteiger partial charge in [-0.15, -0.1) is 0 Å². The van der Waals surface area contributed by atoms with E-state index in [2.05, 4.69) is 79.9 Å². The first-order valence-electron chi connectivity index (χ1n) is 24.2. The monoisotopic (exact) mass is 780 g/mol. The summed E-state index contributed by atoms with van der Waals surface area (Å²) in [6, 6.07) is -0.636. The molecule has 2 atom stereocenters. The Hall–Kier alpha value is -2.17. The summed E-state index contributed by atoms with van der Waals surface area (Å²) in [7, 11) is 0. The predicted molar refractivity (Wildman–Crippen MR) is 248 cm³/mol. The Morgan fingerprint density at radius 2 is 0.804 bits per heavy atom. The van der Waals surface area contributed by atoms with Gasteiger partial charge in [0.25, 0.3) is 0 Å². The van der Waals surface area contributed by atoms with Crippen molar-refractivity contribution in [2.45, 2.75) is 244 Å². The molecule has 3 N–H and O–H groups in total. The van der Waals surface area contributed by atoms with E-state index in [1.54, 1.807) is 6.08 Å². The number of carbonyl (C=O) groups is 1. The van der Waals surface area contributed by atoms with Gasteiger partial charge in [0.15, 0.2) is 0 Å². The van der Waals surface area contributed by atoms with Crippen LogP contribution in [0.5, 0.6) is 0 Å². The number of amides is 1. The third-order valence-corrected chi connectivity index (χ3v) is 10.7. The summed E-state index contributed by atoms with van der Waals surface area (Å²) in [4.78, 5) is 12.3. The van der Waals surface area contributed by atoms with Gasteiger partial charge in [0.1, 0.15) is 0 Å². The van der Waals surface area contributed by atoms with Gasteiger partial charge in [-0.05, 0) is 64.2 Å². The number of hydrogen-bond acceptors (Lipinski definition) is 3. The van der Waals surface area contributed by atoms with E-state index in [-0.39, 0.29) is 12.5 Å². The number of nitrogens with one attached hydrogen (secondary N) is 1. The number of rotatable bonds is 43. The van der Waals surface area contributed by atoms with Crippen LogP contribution in [0.4, 0.5) is 0 Å². The first kappa shape index (κ1) is 53.8. The summed E-state index contributed by atoms with van der Waals surface area (Å²) in [6.07, 6.45) is 67.9. The van der Waals surface area contributed by atoms with E-state index < -0.39 is 12.1 Å². The normalized spacial score (nSPS) is 13.6. The maximum Gasteiger partial charge on any atom is 0.220 e. The molecule has 0 spiro atoms. The summed E-state index contributed by atoms with van der Waals surface area (Å²) in [6.45, 7) is 4.08. The molecule has 0 aromatic heterocycles. The molecule has 0 aliphatic carbocycles. The van der Waals surface area contributed by atoms with E-state index in [4.69, 9.17) is 0 Å². The van der Waals surface area contributed by atoms with Gasteiger partial charge in [0.05, 0.1) is 18.8 Å². The minimum atomic E-state index is -0.858. The van der Waals surface area contributed by atoms with E-state index in [9.17, 15) is 15.0 Å². The van der Waals surface area contributed by atoms with Crippen LogP contribution in [-0.4, -0.2) is 34.9 Å². The maximum atomic E-state index is 12.3. The lowest BCUT2D eigenvalue weighted by atomic mass is 10.0. The number of hydrogen-bond donors (Lipinski definition) is 3. The molecule has 4 heteroatoms. The molecular weight excluding hydrogens is 687 g/mol. The Morgan fingerprint density at radius 3 is 1.23 bits per heavy atom. The second kappa shape index (κ2) is 47.2. The lowest BCUT2D eigenvalue weighted by Crippen LogP contribution is -2.45. The molecule has 0 rings (SSSR count). The zero-order chi connectivity index (χ0) is 40.7. The first-order valence-corrected chi connectivity index (χ1v) is 24.2. The van der Waals surface area contributed by atoms with Crippen molar-refractivity contribution in [1.29, 1.82) is 0 Å². The van der Waals surface area contributed by atoms with Crippen LogP contribution in [0.3, 0.4) is 0 Å². The summed E-state index contributed by atoms with van der Waals surface area (Å²) in [5.74, 6) is -0.0776. The summed E-state index contributed by atoms with van der Waals surface area (Å²) in [5, 5.41) is 22.8. The molecule has 0 aliphatic heterocycles. The average molecular weight is 780 g/mol. The average Bonchev–Trinajstić information content (AvgIpc) is 3.20. The Morgan fingerprint density at radius 1 is 0.446 bits per heavy atom. The third kappa shape index (κ3) is 43.0. The standard InChI is InChI=1S/C52H93NO3/c1-3-5-7-9-11-12-13-14-15-16-17-18-19-20-21-22-23-24-25-26-27-28-29-30-31-32-33-34-35-36-37-38-39-40-42-44-46-48-52(56)53-50(49-54)51(55)47-45-43-41-10-8-6-4-2/h5,7-8,10-12,14-15,17-18,45,47,50-51,54-55H,3-4,6,9,13,16,19-44,46,48-49H2,1-2H3,(H,53,56)/b7-5-,10-8+,12-11-,15-14-,18-17-,47-45+. The Balaban J connectivity index is 3.37. The van der Waals surface area contributed by atoms with Gasteiger partial charge in [0.2, 0.25) is 5.91 Å². The summed E-state index contributed by atoms with van der Waals surface area (Å²) < 4.78 is 0. The highest BCUT2D eigenvalue weighted by atomic mass is 16.3. The smallest absolute Gasteiger partial charge is 0.220 e. The Kier molecular flexibility index (Phi) is 45.4. The molecule has 1 amide bonds. The van der Waals surface area contributed by atoms with Crippen molar-refractivity contribution in [2.75, 3.05) is 6.61 Å². The van der Waals surface area contributed by atoms with Crippen molar-refractivity contribution in [1.82, 2.24) is 5.32 Å². The second-order valence-corrected chi connectivity index (χ2v) is 16.1. The van der Waals surface area contributed by atoms with Crippen molar-refractivity contribution >= 4 is 5.91 Å². The van der Waals surface area contributed by atoms with Gasteiger partial charge in [0, 0.05) is 6.42 Å². The number of unbranched alkanes of at least 4 members (excludes halogenated alkanes) is 26. The van der Waals surface area contributed by atoms with Gasteiger partial charge in [-0.3, -0.25) is 4.79 Å². The van der Waals surface area contributed by atoms with Crippen molar-refractivity contribution in [2.24, 2.45) is 0 Å². The second-order valence-electron chi connectivity index (χ2n) is 16.1. The molecule has 0 aliphatic rings. The molecule has 0 fully saturated rings. The highest BCUT2D eigenvalue weighted by Crippen LogP contribution is 2.16. The first-order chi connectivity index (χ1) is 27.7. The molecule has 0 radical (unpaired) electrons. The van der Waals surface area contributed by atoms with Gasteiger partial charge >= 0.3 is 0 Å². The summed E-state index contributed by atoms with van der Waals surface area (Å²) >= 11 is 0. The molecule has 0 aromatic rings. The number of allylic oxidation sites excluding steroid dienone is 11. The quantitative estimate of drug-likeness (QED) is 0.0426. The van der Waals surface area contributed by atoms with Crippen LogP contribution in [0, 0.1) is 0 Å². The fourth-order valence-corrected chi connectivity index (χ4v) is 7.02. The maximum absolute atomic E-state index is 12.3. The van der Waals surface area contributed by atoms with Gasteiger partial charge in [-0.2, -0.15) is 0 Å². The Labute approximate surface area is 349 Å². The minimum Gasteiger partial charge on any atom is -0.394 e. The third-order valence-electron chi connectivity index (χ3n) is 10.7. The minimum absolute atomic E-state index is 0.0776. The molecule has 0 bridgehead atoms. The fraction of sp³-hybridized carbons (Fsp3) is 0.750. The fourth-order valence-electron chi connectivity index (χ4n) is 7.02. The van der Waals surface area contributed by atoms with Crippen LogP contribution >= 0.6 is 0 Å². The molecule has 0 saturated carbocycles. The zero-order valence-electron chi connectivity index (χ0n) is 37.1. The highest BCUT2D eigenvalue weighted by molar-refractivity contribution is 5.76. The lowest BCUT2D eigenvalue weighted by molar-refractivity contribution is -0.123. The van der Waals surface area contributed by atoms with E-state index in [1.807, 2.05) is 6.08 Å².